The molecule has 1 aromatic carbocycles. The van der Waals surface area contributed by atoms with E-state index < -0.39 is 6.17 Å². The molecule has 1 fully saturated rings. The van der Waals surface area contributed by atoms with Gasteiger partial charge in [0.2, 0.25) is 0 Å². The number of hydrogen-bond acceptors (Lipinski definition) is 5. The van der Waals surface area contributed by atoms with Crippen molar-refractivity contribution in [1.82, 2.24) is 14.9 Å². The van der Waals surface area contributed by atoms with Gasteiger partial charge in [0, 0.05) is 31.2 Å². The van der Waals surface area contributed by atoms with E-state index in [1.165, 1.54) is 0 Å². The Kier molecular flexibility index (Phi) is 4.86. The minimum atomic E-state index is -0.676. The molecule has 1 aliphatic rings. The maximum atomic E-state index is 12.8. The Labute approximate surface area is 155 Å². The molecule has 5 nitrogen and oxygen atoms in total. The van der Waals surface area contributed by atoms with E-state index in [9.17, 15) is 4.39 Å². The van der Waals surface area contributed by atoms with Crippen LogP contribution in [0.25, 0.3) is 10.8 Å². The highest BCUT2D eigenvalue weighted by Crippen LogP contribution is 2.27. The van der Waals surface area contributed by atoms with Gasteiger partial charge in [-0.2, -0.15) is 0 Å². The van der Waals surface area contributed by atoms with Crippen molar-refractivity contribution in [3.05, 3.63) is 53.9 Å². The summed E-state index contributed by atoms with van der Waals surface area (Å²) in [4.78, 5) is 10.5. The summed E-state index contributed by atoms with van der Waals surface area (Å²) in [6.07, 6.45) is 2.74. The first-order valence-corrected chi connectivity index (χ1v) is 8.82. The summed E-state index contributed by atoms with van der Waals surface area (Å²) >= 11 is 5.82. The summed E-state index contributed by atoms with van der Waals surface area (Å²) < 4.78 is 18.6. The van der Waals surface area contributed by atoms with Crippen LogP contribution in [0, 0.1) is 0 Å². The Balaban J connectivity index is 1.45. The van der Waals surface area contributed by atoms with Gasteiger partial charge in [0.05, 0.1) is 11.9 Å². The summed E-state index contributed by atoms with van der Waals surface area (Å²) in [6.45, 7) is 2.32. The van der Waals surface area contributed by atoms with Gasteiger partial charge in [0.15, 0.2) is 0 Å². The highest BCUT2D eigenvalue weighted by molar-refractivity contribution is 6.29. The molecule has 26 heavy (non-hydrogen) atoms. The molecule has 7 heteroatoms. The lowest BCUT2D eigenvalue weighted by Crippen LogP contribution is -2.49. The Morgan fingerprint density at radius 2 is 2.08 bits per heavy atom. The monoisotopic (exact) mass is 372 g/mol. The Morgan fingerprint density at radius 3 is 2.85 bits per heavy atom. The van der Waals surface area contributed by atoms with Crippen molar-refractivity contribution in [2.75, 3.05) is 31.6 Å². The molecule has 3 heterocycles. The predicted molar refractivity (Wildman–Crippen MR) is 101 cm³/mol. The van der Waals surface area contributed by atoms with Crippen molar-refractivity contribution in [1.29, 1.82) is 0 Å². The highest BCUT2D eigenvalue weighted by Gasteiger charge is 2.25. The normalized spacial score (nSPS) is 15.0. The van der Waals surface area contributed by atoms with Crippen molar-refractivity contribution in [3.8, 4) is 5.75 Å². The van der Waals surface area contributed by atoms with Crippen molar-refractivity contribution in [2.45, 2.75) is 6.17 Å². The van der Waals surface area contributed by atoms with Gasteiger partial charge in [-0.15, -0.1) is 0 Å². The summed E-state index contributed by atoms with van der Waals surface area (Å²) in [5.74, 6) is 1.54. The van der Waals surface area contributed by atoms with E-state index >= 15 is 0 Å². The average Bonchev–Trinajstić information content (AvgIpc) is 2.62. The summed E-state index contributed by atoms with van der Waals surface area (Å²) in [7, 11) is 0. The van der Waals surface area contributed by atoms with Crippen LogP contribution in [0.2, 0.25) is 5.15 Å². The quantitative estimate of drug-likeness (QED) is 0.661. The molecule has 2 aromatic heterocycles. The fourth-order valence-corrected chi connectivity index (χ4v) is 3.03. The molecule has 0 bridgehead atoms. The summed E-state index contributed by atoms with van der Waals surface area (Å²) in [5, 5.41) is 5.71. The first kappa shape index (κ1) is 17.0. The number of alkyl halides is 1. The fourth-order valence-electron chi connectivity index (χ4n) is 2.91. The highest BCUT2D eigenvalue weighted by atomic mass is 35.5. The van der Waals surface area contributed by atoms with Gasteiger partial charge >= 0.3 is 0 Å². The van der Waals surface area contributed by atoms with Crippen molar-refractivity contribution in [3.63, 3.8) is 0 Å². The van der Waals surface area contributed by atoms with E-state index in [0.717, 1.165) is 34.6 Å². The van der Waals surface area contributed by atoms with Crippen molar-refractivity contribution < 1.29 is 9.13 Å². The maximum Gasteiger partial charge on any atom is 0.138 e. The molecule has 1 N–H and O–H groups in total. The second kappa shape index (κ2) is 7.43. The molecule has 0 radical (unpaired) electrons. The second-order valence-corrected chi connectivity index (χ2v) is 6.63. The third kappa shape index (κ3) is 3.86. The molecule has 1 saturated heterocycles. The van der Waals surface area contributed by atoms with E-state index in [-0.39, 0.29) is 0 Å². The molecule has 0 atom stereocenters. The van der Waals surface area contributed by atoms with Crippen LogP contribution in [0.15, 0.2) is 48.8 Å². The number of pyridine rings is 2. The Bertz CT molecular complexity index is 900. The number of rotatable bonds is 6. The number of hydrogen-bond donors (Lipinski definition) is 1. The lowest BCUT2D eigenvalue weighted by atomic mass is 10.1. The van der Waals surface area contributed by atoms with Crippen LogP contribution in [0.1, 0.15) is 0 Å². The first-order valence-electron chi connectivity index (χ1n) is 8.44. The first-order chi connectivity index (χ1) is 12.7. The molecule has 0 aliphatic carbocycles. The minimum absolute atomic E-state index is 0.448. The molecule has 0 amide bonds. The smallest absolute Gasteiger partial charge is 0.138 e. The maximum absolute atomic E-state index is 12.8. The molecule has 4 rings (SSSR count). The molecule has 1 aliphatic heterocycles. The Morgan fingerprint density at radius 1 is 1.19 bits per heavy atom. The van der Waals surface area contributed by atoms with Gasteiger partial charge in [-0.05, 0) is 41.8 Å². The number of likely N-dealkylation sites (tertiary alicyclic amines) is 1. The minimum Gasteiger partial charge on any atom is -0.492 e. The standard InChI is InChI=1S/C19H18ClFN4O/c20-18-4-1-15(10-23-18)24-19-17-3-2-16(9-13(17)5-6-22-19)26-8-7-25-11-14(21)12-25/h1-6,9-10,14H,7-8,11-12H2,(H,22,24). The van der Waals surface area contributed by atoms with Gasteiger partial charge in [-0.3, -0.25) is 4.90 Å². The van der Waals surface area contributed by atoms with Crippen LogP contribution >= 0.6 is 11.6 Å². The zero-order valence-electron chi connectivity index (χ0n) is 14.0. The topological polar surface area (TPSA) is 50.3 Å². The third-order valence-electron chi connectivity index (χ3n) is 4.31. The van der Waals surface area contributed by atoms with E-state index in [2.05, 4.69) is 15.3 Å². The third-order valence-corrected chi connectivity index (χ3v) is 4.54. The lowest BCUT2D eigenvalue weighted by Gasteiger charge is -2.33. The van der Waals surface area contributed by atoms with E-state index in [4.69, 9.17) is 16.3 Å². The second-order valence-electron chi connectivity index (χ2n) is 6.24. The zero-order valence-corrected chi connectivity index (χ0v) is 14.8. The molecule has 0 saturated carbocycles. The van der Waals surface area contributed by atoms with Crippen LogP contribution in [-0.4, -0.2) is 47.3 Å². The van der Waals surface area contributed by atoms with Crippen LogP contribution in [0.5, 0.6) is 5.75 Å². The van der Waals surface area contributed by atoms with Gasteiger partial charge in [-0.1, -0.05) is 11.6 Å². The van der Waals surface area contributed by atoms with Crippen LogP contribution < -0.4 is 10.1 Å². The van der Waals surface area contributed by atoms with Gasteiger partial charge in [0.1, 0.15) is 29.5 Å². The van der Waals surface area contributed by atoms with Gasteiger partial charge in [0.25, 0.3) is 0 Å². The fraction of sp³-hybridized carbons (Fsp3) is 0.263. The number of anilines is 2. The number of aromatic nitrogens is 2. The molecule has 0 unspecified atom stereocenters. The largest absolute Gasteiger partial charge is 0.492 e. The number of ether oxygens (including phenoxy) is 1. The number of nitrogens with one attached hydrogen (secondary N) is 1. The average molecular weight is 373 g/mol. The van der Waals surface area contributed by atoms with Crippen molar-refractivity contribution >= 4 is 33.9 Å². The number of nitrogens with zero attached hydrogens (tertiary/aromatic N) is 3. The van der Waals surface area contributed by atoms with Crippen LogP contribution in [0.3, 0.4) is 0 Å². The zero-order chi connectivity index (χ0) is 17.9. The Hall–Kier alpha value is -2.44. The number of halogens is 2. The van der Waals surface area contributed by atoms with Gasteiger partial charge in [-0.25, -0.2) is 14.4 Å². The molecule has 0 spiro atoms. The molecular formula is C19H18ClFN4O. The van der Waals surface area contributed by atoms with Crippen LogP contribution in [-0.2, 0) is 0 Å². The van der Waals surface area contributed by atoms with E-state index in [1.807, 2.05) is 35.2 Å². The number of benzene rings is 1. The summed E-state index contributed by atoms with van der Waals surface area (Å²) in [5.41, 5.74) is 0.815. The van der Waals surface area contributed by atoms with Gasteiger partial charge < -0.3 is 10.1 Å². The summed E-state index contributed by atoms with van der Waals surface area (Å²) in [6, 6.07) is 11.4. The van der Waals surface area contributed by atoms with E-state index in [0.29, 0.717) is 24.8 Å². The molecular weight excluding hydrogens is 355 g/mol. The van der Waals surface area contributed by atoms with Crippen molar-refractivity contribution in [2.24, 2.45) is 0 Å². The SMILES string of the molecule is FC1CN(CCOc2ccc3c(Nc4ccc(Cl)nc4)nccc3c2)C1. The van der Waals surface area contributed by atoms with E-state index in [1.54, 1.807) is 18.5 Å². The predicted octanol–water partition coefficient (Wildman–Crippen LogP) is 4.06. The lowest BCUT2D eigenvalue weighted by molar-refractivity contribution is 0.0539. The number of fused-ring (bicyclic) bond motifs is 1. The molecule has 3 aromatic rings. The molecule has 134 valence electrons. The van der Waals surface area contributed by atoms with Crippen LogP contribution in [0.4, 0.5) is 15.9 Å².